The molecule has 1 unspecified atom stereocenters. The van der Waals surface area contributed by atoms with Crippen LogP contribution in [0.25, 0.3) is 0 Å². The number of para-hydroxylation sites is 1. The average molecular weight is 510 g/mol. The van der Waals surface area contributed by atoms with Crippen molar-refractivity contribution in [2.45, 2.75) is 52.2 Å². The van der Waals surface area contributed by atoms with Crippen molar-refractivity contribution < 1.29 is 9.59 Å². The Labute approximate surface area is 223 Å². The largest absolute Gasteiger partial charge is 0.321 e. The molecule has 1 N–H and O–H groups in total. The highest BCUT2D eigenvalue weighted by Gasteiger charge is 2.41. The summed E-state index contributed by atoms with van der Waals surface area (Å²) < 4.78 is 0. The van der Waals surface area contributed by atoms with Gasteiger partial charge in [0.1, 0.15) is 16.7 Å². The van der Waals surface area contributed by atoms with E-state index in [-0.39, 0.29) is 11.5 Å². The predicted octanol–water partition coefficient (Wildman–Crippen LogP) is 6.80. The van der Waals surface area contributed by atoms with Crippen molar-refractivity contribution >= 4 is 35.0 Å². The number of anilines is 2. The molecule has 1 aliphatic rings. The average Bonchev–Trinajstić information content (AvgIpc) is 3.18. The number of nitrogens with one attached hydrogen (secondary N) is 1. The number of carbonyl (C=O) groups excluding carboxylic acids is 2. The maximum Gasteiger partial charge on any atom is 0.269 e. The van der Waals surface area contributed by atoms with Crippen molar-refractivity contribution in [3.05, 3.63) is 105 Å². The van der Waals surface area contributed by atoms with Crippen molar-refractivity contribution in [2.24, 2.45) is 0 Å². The molecule has 6 heteroatoms. The summed E-state index contributed by atoms with van der Waals surface area (Å²) in [5.41, 5.74) is 6.66. The highest BCUT2D eigenvalue weighted by atomic mass is 32.2. The van der Waals surface area contributed by atoms with Crippen LogP contribution in [0.2, 0.25) is 0 Å². The third kappa shape index (κ3) is 5.63. The number of rotatable bonds is 6. The fourth-order valence-electron chi connectivity index (χ4n) is 4.27. The summed E-state index contributed by atoms with van der Waals surface area (Å²) in [6.07, 6.45) is 0.507. The normalized spacial score (nSPS) is 16.6. The number of hydrogen-bond donors (Lipinski definition) is 1. The van der Waals surface area contributed by atoms with E-state index in [1.165, 1.54) is 27.8 Å². The lowest BCUT2D eigenvalue weighted by Gasteiger charge is -2.20. The molecule has 3 aromatic carbocycles. The third-order valence-corrected chi connectivity index (χ3v) is 7.97. The van der Waals surface area contributed by atoms with Crippen LogP contribution in [-0.2, 0) is 16.0 Å². The van der Waals surface area contributed by atoms with Crippen LogP contribution in [0, 0.1) is 32.1 Å². The summed E-state index contributed by atoms with van der Waals surface area (Å²) in [5.74, 6) is -0.311. The first-order chi connectivity index (χ1) is 17.7. The maximum absolute atomic E-state index is 13.8. The van der Waals surface area contributed by atoms with Crippen LogP contribution in [-0.4, -0.2) is 17.1 Å². The first-order valence-corrected chi connectivity index (χ1v) is 13.3. The van der Waals surface area contributed by atoms with Crippen molar-refractivity contribution in [3.63, 3.8) is 0 Å². The number of thioether (sulfide) groups is 1. The molecule has 3 aromatic rings. The van der Waals surface area contributed by atoms with E-state index in [9.17, 15) is 14.9 Å². The minimum Gasteiger partial charge on any atom is -0.321 e. The second-order valence-electron chi connectivity index (χ2n) is 9.71. The SMILES string of the molecule is Cc1ccc(CC2S/C(=C(/C#N)C(=O)Nc3ccccc3C)N(c3ccc(C(C)C)cc3)C2=O)cc1C. The Balaban J connectivity index is 1.74. The summed E-state index contributed by atoms with van der Waals surface area (Å²) in [6.45, 7) is 10.2. The van der Waals surface area contributed by atoms with Crippen LogP contribution in [0.15, 0.2) is 77.3 Å². The van der Waals surface area contributed by atoms with Crippen LogP contribution in [0.1, 0.15) is 47.6 Å². The first kappa shape index (κ1) is 26.2. The molecule has 4 rings (SSSR count). The number of hydrogen-bond acceptors (Lipinski definition) is 4. The van der Waals surface area contributed by atoms with Gasteiger partial charge in [-0.3, -0.25) is 14.5 Å². The van der Waals surface area contributed by atoms with Crippen molar-refractivity contribution in [1.29, 1.82) is 5.26 Å². The topological polar surface area (TPSA) is 73.2 Å². The minimum atomic E-state index is -0.525. The number of amides is 2. The summed E-state index contributed by atoms with van der Waals surface area (Å²) in [4.78, 5) is 28.6. The maximum atomic E-state index is 13.8. The monoisotopic (exact) mass is 509 g/mol. The zero-order chi connectivity index (χ0) is 26.7. The van der Waals surface area contributed by atoms with Gasteiger partial charge in [-0.05, 0) is 79.1 Å². The third-order valence-electron chi connectivity index (χ3n) is 6.71. The first-order valence-electron chi connectivity index (χ1n) is 12.4. The van der Waals surface area contributed by atoms with Crippen molar-refractivity contribution in [2.75, 3.05) is 10.2 Å². The Bertz CT molecular complexity index is 1420. The Morgan fingerprint density at radius 2 is 1.70 bits per heavy atom. The lowest BCUT2D eigenvalue weighted by molar-refractivity contribution is -0.117. The van der Waals surface area contributed by atoms with Crippen LogP contribution in [0.5, 0.6) is 0 Å². The molecule has 1 saturated heterocycles. The van der Waals surface area contributed by atoms with E-state index in [0.717, 1.165) is 16.7 Å². The Morgan fingerprint density at radius 1 is 1.00 bits per heavy atom. The number of aryl methyl sites for hydroxylation is 3. The van der Waals surface area contributed by atoms with Gasteiger partial charge in [0.25, 0.3) is 5.91 Å². The second-order valence-corrected chi connectivity index (χ2v) is 10.9. The van der Waals surface area contributed by atoms with E-state index in [1.54, 1.807) is 6.07 Å². The molecule has 0 aliphatic carbocycles. The molecular weight excluding hydrogens is 478 g/mol. The van der Waals surface area contributed by atoms with E-state index in [4.69, 9.17) is 0 Å². The molecular formula is C31H31N3O2S. The van der Waals surface area contributed by atoms with Crippen LogP contribution in [0.3, 0.4) is 0 Å². The Hall–Kier alpha value is -3.82. The van der Waals surface area contributed by atoms with Gasteiger partial charge in [0, 0.05) is 11.4 Å². The van der Waals surface area contributed by atoms with E-state index in [2.05, 4.69) is 51.2 Å². The number of nitrogens with zero attached hydrogens (tertiary/aromatic N) is 2. The standard InChI is InChI=1S/C31H31N3O2S/c1-19(2)24-12-14-25(15-13-24)34-30(36)28(17-23-11-10-20(3)22(5)16-23)37-31(34)26(18-32)29(35)33-27-9-7-6-8-21(27)4/h6-16,19,28H,17H2,1-5H3,(H,33,35)/b31-26-. The van der Waals surface area contributed by atoms with E-state index >= 15 is 0 Å². The highest BCUT2D eigenvalue weighted by Crippen LogP contribution is 2.42. The van der Waals surface area contributed by atoms with Gasteiger partial charge < -0.3 is 5.32 Å². The molecule has 2 amide bonds. The van der Waals surface area contributed by atoms with Gasteiger partial charge in [-0.15, -0.1) is 0 Å². The predicted molar refractivity (Wildman–Crippen MR) is 151 cm³/mol. The summed E-state index contributed by atoms with van der Waals surface area (Å²) >= 11 is 1.29. The minimum absolute atomic E-state index is 0.0721. The quantitative estimate of drug-likeness (QED) is 0.293. The molecule has 37 heavy (non-hydrogen) atoms. The van der Waals surface area contributed by atoms with Crippen LogP contribution in [0.4, 0.5) is 11.4 Å². The van der Waals surface area contributed by atoms with Crippen molar-refractivity contribution in [3.8, 4) is 6.07 Å². The van der Waals surface area contributed by atoms with Gasteiger partial charge in [0.2, 0.25) is 5.91 Å². The Morgan fingerprint density at radius 3 is 2.32 bits per heavy atom. The number of nitriles is 1. The Kier molecular flexibility index (Phi) is 7.85. The molecule has 0 spiro atoms. The lowest BCUT2D eigenvalue weighted by Crippen LogP contribution is -2.31. The molecule has 1 aliphatic heterocycles. The van der Waals surface area contributed by atoms with Gasteiger partial charge in [-0.25, -0.2) is 0 Å². The van der Waals surface area contributed by atoms with Crippen LogP contribution >= 0.6 is 11.8 Å². The molecule has 1 atom stereocenters. The zero-order valence-electron chi connectivity index (χ0n) is 21.8. The second kappa shape index (κ2) is 11.1. The molecule has 188 valence electrons. The van der Waals surface area contributed by atoms with Gasteiger partial charge in [0.05, 0.1) is 5.25 Å². The zero-order valence-corrected chi connectivity index (χ0v) is 22.6. The molecule has 0 aromatic heterocycles. The summed E-state index contributed by atoms with van der Waals surface area (Å²) in [6, 6.07) is 23.5. The molecule has 0 bridgehead atoms. The van der Waals surface area contributed by atoms with Gasteiger partial charge in [0.15, 0.2) is 0 Å². The molecule has 0 radical (unpaired) electrons. The molecule has 1 heterocycles. The molecule has 1 fully saturated rings. The van der Waals surface area contributed by atoms with Gasteiger partial charge in [-0.1, -0.05) is 74.1 Å². The van der Waals surface area contributed by atoms with Gasteiger partial charge >= 0.3 is 0 Å². The fourth-order valence-corrected chi connectivity index (χ4v) is 5.58. The molecule has 5 nitrogen and oxygen atoms in total. The lowest BCUT2D eigenvalue weighted by atomic mass is 10.0. The van der Waals surface area contributed by atoms with E-state index < -0.39 is 11.2 Å². The smallest absolute Gasteiger partial charge is 0.269 e. The summed E-state index contributed by atoms with van der Waals surface area (Å²) in [7, 11) is 0. The van der Waals surface area contributed by atoms with E-state index in [1.807, 2.05) is 55.5 Å². The van der Waals surface area contributed by atoms with Crippen molar-refractivity contribution in [1.82, 2.24) is 0 Å². The van der Waals surface area contributed by atoms with E-state index in [0.29, 0.717) is 28.7 Å². The number of carbonyl (C=O) groups is 2. The molecule has 0 saturated carbocycles. The fraction of sp³-hybridized carbons (Fsp3) is 0.258. The highest BCUT2D eigenvalue weighted by molar-refractivity contribution is 8.05. The number of benzene rings is 3. The van der Waals surface area contributed by atoms with Crippen LogP contribution < -0.4 is 10.2 Å². The van der Waals surface area contributed by atoms with Gasteiger partial charge in [-0.2, -0.15) is 5.26 Å². The summed E-state index contributed by atoms with van der Waals surface area (Å²) in [5, 5.41) is 12.9.